The Morgan fingerprint density at radius 3 is 3.00 bits per heavy atom. The molecule has 26 heavy (non-hydrogen) atoms. The zero-order valence-corrected chi connectivity index (χ0v) is 16.4. The molecular weight excluding hydrogens is 350 g/mol. The molecule has 2 amide bonds. The Labute approximate surface area is 160 Å². The second kappa shape index (κ2) is 11.1. The number of nitrogens with one attached hydrogen (secondary N) is 2. The lowest BCUT2D eigenvalue weighted by Gasteiger charge is -2.35. The first kappa shape index (κ1) is 20.6. The van der Waals surface area contributed by atoms with E-state index in [0.29, 0.717) is 26.2 Å². The summed E-state index contributed by atoms with van der Waals surface area (Å²) >= 11 is 1.76. The molecule has 1 saturated heterocycles. The number of benzene rings is 1. The lowest BCUT2D eigenvalue weighted by molar-refractivity contribution is -0.134. The predicted molar refractivity (Wildman–Crippen MR) is 105 cm³/mol. The molecule has 1 fully saturated rings. The summed E-state index contributed by atoms with van der Waals surface area (Å²) in [7, 11) is 0. The molecule has 0 aliphatic carbocycles. The minimum atomic E-state index is -0.445. The van der Waals surface area contributed by atoms with E-state index >= 15 is 0 Å². The van der Waals surface area contributed by atoms with Crippen molar-refractivity contribution in [1.82, 2.24) is 15.5 Å². The molecule has 1 aromatic carbocycles. The third-order valence-electron chi connectivity index (χ3n) is 4.31. The zero-order chi connectivity index (χ0) is 18.8. The van der Waals surface area contributed by atoms with E-state index < -0.39 is 6.04 Å². The largest absolute Gasteiger partial charge is 0.494 e. The summed E-state index contributed by atoms with van der Waals surface area (Å²) in [5.74, 6) is 1.70. The Balaban J connectivity index is 1.99. The number of hydrogen-bond donors (Lipinski definition) is 2. The SMILES string of the molecule is CCOc1ccccc1CN1CCNC(=O)C1CC(=O)NCCCSC. The quantitative estimate of drug-likeness (QED) is 0.605. The maximum absolute atomic E-state index is 12.3. The maximum atomic E-state index is 12.3. The summed E-state index contributed by atoms with van der Waals surface area (Å²) < 4.78 is 5.69. The van der Waals surface area contributed by atoms with Gasteiger partial charge in [-0.2, -0.15) is 11.8 Å². The minimum absolute atomic E-state index is 0.0729. The number of carbonyl (C=O) groups excluding carboxylic acids is 2. The molecule has 2 N–H and O–H groups in total. The molecule has 1 aromatic rings. The summed E-state index contributed by atoms with van der Waals surface area (Å²) in [5.41, 5.74) is 1.04. The fraction of sp³-hybridized carbons (Fsp3) is 0.579. The fourth-order valence-corrected chi connectivity index (χ4v) is 3.45. The molecule has 1 aliphatic heterocycles. The molecule has 0 radical (unpaired) electrons. The third kappa shape index (κ3) is 6.21. The van der Waals surface area contributed by atoms with Crippen molar-refractivity contribution < 1.29 is 14.3 Å². The summed E-state index contributed by atoms with van der Waals surface area (Å²) in [4.78, 5) is 26.7. The van der Waals surface area contributed by atoms with Gasteiger partial charge in [-0.3, -0.25) is 14.5 Å². The van der Waals surface area contributed by atoms with E-state index in [-0.39, 0.29) is 18.2 Å². The van der Waals surface area contributed by atoms with E-state index in [4.69, 9.17) is 4.74 Å². The Hall–Kier alpha value is -1.73. The summed E-state index contributed by atoms with van der Waals surface area (Å²) in [6.45, 7) is 5.11. The van der Waals surface area contributed by atoms with Gasteiger partial charge >= 0.3 is 0 Å². The van der Waals surface area contributed by atoms with Gasteiger partial charge in [0, 0.05) is 31.7 Å². The number of carbonyl (C=O) groups is 2. The van der Waals surface area contributed by atoms with Crippen LogP contribution in [-0.2, 0) is 16.1 Å². The van der Waals surface area contributed by atoms with Crippen molar-refractivity contribution >= 4 is 23.6 Å². The molecule has 144 valence electrons. The highest BCUT2D eigenvalue weighted by Crippen LogP contribution is 2.22. The first-order valence-corrected chi connectivity index (χ1v) is 10.5. The van der Waals surface area contributed by atoms with Crippen LogP contribution < -0.4 is 15.4 Å². The van der Waals surface area contributed by atoms with Gasteiger partial charge < -0.3 is 15.4 Å². The van der Waals surface area contributed by atoms with Gasteiger partial charge in [0.05, 0.1) is 19.1 Å². The van der Waals surface area contributed by atoms with Crippen molar-refractivity contribution in [2.24, 2.45) is 0 Å². The normalized spacial score (nSPS) is 17.6. The molecule has 0 saturated carbocycles. The van der Waals surface area contributed by atoms with Crippen molar-refractivity contribution in [1.29, 1.82) is 0 Å². The van der Waals surface area contributed by atoms with Gasteiger partial charge in [-0.05, 0) is 31.4 Å². The molecule has 1 unspecified atom stereocenters. The van der Waals surface area contributed by atoms with Crippen LogP contribution in [0, 0.1) is 0 Å². The Morgan fingerprint density at radius 1 is 1.42 bits per heavy atom. The van der Waals surface area contributed by atoms with E-state index in [1.807, 2.05) is 37.4 Å². The highest BCUT2D eigenvalue weighted by Gasteiger charge is 2.31. The molecule has 1 atom stereocenters. The van der Waals surface area contributed by atoms with Gasteiger partial charge in [-0.15, -0.1) is 0 Å². The molecule has 6 nitrogen and oxygen atoms in total. The predicted octanol–water partition coefficient (Wildman–Crippen LogP) is 1.65. The molecular formula is C19H29N3O3S. The van der Waals surface area contributed by atoms with Crippen molar-refractivity contribution in [3.05, 3.63) is 29.8 Å². The van der Waals surface area contributed by atoms with Crippen LogP contribution in [-0.4, -0.2) is 61.0 Å². The van der Waals surface area contributed by atoms with Crippen molar-refractivity contribution in [2.45, 2.75) is 32.4 Å². The van der Waals surface area contributed by atoms with E-state index in [2.05, 4.69) is 15.5 Å². The standard InChI is InChI=1S/C19H29N3O3S/c1-3-25-17-8-5-4-7-15(17)14-22-11-10-21-19(24)16(22)13-18(23)20-9-6-12-26-2/h4-5,7-8,16H,3,6,9-14H2,1-2H3,(H,20,23)(H,21,24). The van der Waals surface area contributed by atoms with Crippen LogP contribution in [0.15, 0.2) is 24.3 Å². The molecule has 0 spiro atoms. The zero-order valence-electron chi connectivity index (χ0n) is 15.6. The maximum Gasteiger partial charge on any atom is 0.237 e. The van der Waals surface area contributed by atoms with Gasteiger partial charge in [0.25, 0.3) is 0 Å². The van der Waals surface area contributed by atoms with Gasteiger partial charge in [-0.25, -0.2) is 0 Å². The fourth-order valence-electron chi connectivity index (χ4n) is 3.01. The number of para-hydroxylation sites is 1. The number of piperazine rings is 1. The number of thioether (sulfide) groups is 1. The second-order valence-electron chi connectivity index (χ2n) is 6.22. The molecule has 7 heteroatoms. The Bertz CT molecular complexity index is 597. The van der Waals surface area contributed by atoms with Crippen LogP contribution >= 0.6 is 11.8 Å². The monoisotopic (exact) mass is 379 g/mol. The van der Waals surface area contributed by atoms with Gasteiger partial charge in [0.2, 0.25) is 11.8 Å². The minimum Gasteiger partial charge on any atom is -0.494 e. The number of rotatable bonds is 10. The summed E-state index contributed by atoms with van der Waals surface area (Å²) in [5, 5.41) is 5.79. The van der Waals surface area contributed by atoms with E-state index in [0.717, 1.165) is 30.0 Å². The number of amides is 2. The average Bonchev–Trinajstić information content (AvgIpc) is 2.63. The lowest BCUT2D eigenvalue weighted by atomic mass is 10.1. The van der Waals surface area contributed by atoms with E-state index in [1.165, 1.54) is 0 Å². The highest BCUT2D eigenvalue weighted by molar-refractivity contribution is 7.98. The molecule has 0 aromatic heterocycles. The molecule has 2 rings (SSSR count). The average molecular weight is 380 g/mol. The van der Waals surface area contributed by atoms with Gasteiger partial charge in [-0.1, -0.05) is 18.2 Å². The van der Waals surface area contributed by atoms with Crippen LogP contribution in [0.1, 0.15) is 25.3 Å². The first-order chi connectivity index (χ1) is 12.7. The lowest BCUT2D eigenvalue weighted by Crippen LogP contribution is -2.56. The summed E-state index contributed by atoms with van der Waals surface area (Å²) in [6, 6.07) is 7.42. The highest BCUT2D eigenvalue weighted by atomic mass is 32.2. The van der Waals surface area contributed by atoms with Gasteiger partial charge in [0.1, 0.15) is 5.75 Å². The topological polar surface area (TPSA) is 70.7 Å². The third-order valence-corrected chi connectivity index (χ3v) is 5.01. The number of hydrogen-bond acceptors (Lipinski definition) is 5. The van der Waals surface area contributed by atoms with Crippen LogP contribution in [0.3, 0.4) is 0 Å². The molecule has 1 heterocycles. The van der Waals surface area contributed by atoms with Crippen LogP contribution in [0.2, 0.25) is 0 Å². The smallest absolute Gasteiger partial charge is 0.237 e. The van der Waals surface area contributed by atoms with Gasteiger partial charge in [0.15, 0.2) is 0 Å². The second-order valence-corrected chi connectivity index (χ2v) is 7.20. The molecule has 0 bridgehead atoms. The number of ether oxygens (including phenoxy) is 1. The Morgan fingerprint density at radius 2 is 2.23 bits per heavy atom. The Kier molecular flexibility index (Phi) is 8.77. The number of nitrogens with zero attached hydrogens (tertiary/aromatic N) is 1. The van der Waals surface area contributed by atoms with Crippen molar-refractivity contribution in [2.75, 3.05) is 38.2 Å². The van der Waals surface area contributed by atoms with Crippen LogP contribution in [0.4, 0.5) is 0 Å². The van der Waals surface area contributed by atoms with Crippen LogP contribution in [0.25, 0.3) is 0 Å². The molecule has 1 aliphatic rings. The van der Waals surface area contributed by atoms with E-state index in [9.17, 15) is 9.59 Å². The van der Waals surface area contributed by atoms with Crippen molar-refractivity contribution in [3.63, 3.8) is 0 Å². The first-order valence-electron chi connectivity index (χ1n) is 9.13. The van der Waals surface area contributed by atoms with Crippen molar-refractivity contribution in [3.8, 4) is 5.75 Å². The summed E-state index contributed by atoms with van der Waals surface area (Å²) in [6.07, 6.45) is 3.17. The van der Waals surface area contributed by atoms with Crippen LogP contribution in [0.5, 0.6) is 5.75 Å². The van der Waals surface area contributed by atoms with E-state index in [1.54, 1.807) is 11.8 Å².